The predicted octanol–water partition coefficient (Wildman–Crippen LogP) is 1.35. The van der Waals surface area contributed by atoms with E-state index >= 15 is 0 Å². The maximum Gasteiger partial charge on any atom is 0.237 e. The Balaban J connectivity index is 4.20. The summed E-state index contributed by atoms with van der Waals surface area (Å²) < 4.78 is -0.648. The van der Waals surface area contributed by atoms with Crippen LogP contribution in [0, 0.1) is 11.3 Å². The number of alkyl halides is 1. The molecule has 1 atom stereocenters. The van der Waals surface area contributed by atoms with Gasteiger partial charge in [-0.3, -0.25) is 4.79 Å². The molecule has 1 amide bonds. The molecule has 0 heterocycles. The van der Waals surface area contributed by atoms with Crippen molar-refractivity contribution >= 4 is 21.8 Å². The highest BCUT2D eigenvalue weighted by molar-refractivity contribution is 9.10. The van der Waals surface area contributed by atoms with Gasteiger partial charge in [0.25, 0.3) is 0 Å². The lowest BCUT2D eigenvalue weighted by atomic mass is 10.2. The summed E-state index contributed by atoms with van der Waals surface area (Å²) in [6.07, 6.45) is 1.39. The first-order valence-corrected chi connectivity index (χ1v) is 4.23. The minimum atomic E-state index is -0.648. The number of amides is 1. The van der Waals surface area contributed by atoms with Gasteiger partial charge in [0.1, 0.15) is 6.04 Å². The molecule has 0 radical (unpaired) electrons. The molecule has 66 valence electrons. The van der Waals surface area contributed by atoms with Crippen LogP contribution < -0.4 is 5.32 Å². The number of rotatable bonds is 3. The summed E-state index contributed by atoms with van der Waals surface area (Å²) >= 11 is 3.18. The fourth-order valence-electron chi connectivity index (χ4n) is 0.457. The summed E-state index contributed by atoms with van der Waals surface area (Å²) in [6, 6.07) is 1.27. The molecule has 0 spiro atoms. The van der Waals surface area contributed by atoms with Gasteiger partial charge in [-0.2, -0.15) is 5.26 Å². The Morgan fingerprint density at radius 1 is 1.83 bits per heavy atom. The lowest BCUT2D eigenvalue weighted by Gasteiger charge is -2.16. The van der Waals surface area contributed by atoms with Crippen LogP contribution in [0.1, 0.15) is 13.8 Å². The highest BCUT2D eigenvalue weighted by Crippen LogP contribution is 2.15. The minimum absolute atomic E-state index is 0.228. The number of carbonyl (C=O) groups is 1. The third-order valence-electron chi connectivity index (χ3n) is 1.20. The summed E-state index contributed by atoms with van der Waals surface area (Å²) in [5.74, 6) is -0.228. The number of nitrogens with one attached hydrogen (secondary N) is 1. The van der Waals surface area contributed by atoms with Crippen molar-refractivity contribution in [3.05, 3.63) is 12.7 Å². The molecule has 1 unspecified atom stereocenters. The van der Waals surface area contributed by atoms with Crippen molar-refractivity contribution in [3.8, 4) is 6.07 Å². The van der Waals surface area contributed by atoms with E-state index in [1.165, 1.54) is 6.08 Å². The Morgan fingerprint density at radius 3 is 2.58 bits per heavy atom. The van der Waals surface area contributed by atoms with Crippen molar-refractivity contribution in [1.82, 2.24) is 5.32 Å². The van der Waals surface area contributed by atoms with Crippen LogP contribution in [0.2, 0.25) is 0 Å². The molecule has 0 aromatic heterocycles. The van der Waals surface area contributed by atoms with Gasteiger partial charge in [0.15, 0.2) is 0 Å². The molecule has 0 fully saturated rings. The molecule has 0 aliphatic carbocycles. The molecule has 0 aliphatic heterocycles. The van der Waals surface area contributed by atoms with E-state index in [0.717, 1.165) is 0 Å². The largest absolute Gasteiger partial charge is 0.336 e. The molecule has 0 aromatic carbocycles. The second-order valence-electron chi connectivity index (χ2n) is 2.79. The van der Waals surface area contributed by atoms with E-state index in [-0.39, 0.29) is 5.91 Å². The van der Waals surface area contributed by atoms with Crippen molar-refractivity contribution in [2.24, 2.45) is 0 Å². The molecule has 4 heteroatoms. The number of hydrogen-bond donors (Lipinski definition) is 1. The average molecular weight is 231 g/mol. The Labute approximate surface area is 80.6 Å². The third-order valence-corrected chi connectivity index (χ3v) is 1.56. The highest BCUT2D eigenvalue weighted by Gasteiger charge is 2.24. The smallest absolute Gasteiger partial charge is 0.237 e. The molecule has 1 N–H and O–H groups in total. The molecular formula is C8H11BrN2O. The summed E-state index contributed by atoms with van der Waals surface area (Å²) in [4.78, 5) is 11.2. The third kappa shape index (κ3) is 3.54. The Hall–Kier alpha value is -0.820. The van der Waals surface area contributed by atoms with Crippen LogP contribution in [0.5, 0.6) is 0 Å². The van der Waals surface area contributed by atoms with Crippen LogP contribution in [0.15, 0.2) is 12.7 Å². The first kappa shape index (κ1) is 11.2. The van der Waals surface area contributed by atoms with E-state index < -0.39 is 10.4 Å². The second kappa shape index (κ2) is 4.27. The maximum atomic E-state index is 11.2. The van der Waals surface area contributed by atoms with Crippen molar-refractivity contribution in [2.45, 2.75) is 24.2 Å². The summed E-state index contributed by atoms with van der Waals surface area (Å²) in [5, 5.41) is 11.0. The van der Waals surface area contributed by atoms with Gasteiger partial charge in [-0.1, -0.05) is 28.6 Å². The molecule has 0 aliphatic rings. The zero-order chi connectivity index (χ0) is 9.78. The van der Waals surface area contributed by atoms with E-state index in [1.54, 1.807) is 13.8 Å². The fraction of sp³-hybridized carbons (Fsp3) is 0.500. The molecule has 12 heavy (non-hydrogen) atoms. The predicted molar refractivity (Wildman–Crippen MR) is 50.7 cm³/mol. The number of nitriles is 1. The lowest BCUT2D eigenvalue weighted by molar-refractivity contribution is -0.122. The first-order valence-electron chi connectivity index (χ1n) is 3.44. The maximum absolute atomic E-state index is 11.2. The van der Waals surface area contributed by atoms with Gasteiger partial charge in [0.05, 0.1) is 10.4 Å². The van der Waals surface area contributed by atoms with Crippen LogP contribution in [0.4, 0.5) is 0 Å². The molecule has 0 aromatic rings. The van der Waals surface area contributed by atoms with Crippen LogP contribution >= 0.6 is 15.9 Å². The zero-order valence-electron chi connectivity index (χ0n) is 7.10. The van der Waals surface area contributed by atoms with Gasteiger partial charge < -0.3 is 5.32 Å². The average Bonchev–Trinajstić information content (AvgIpc) is 1.97. The van der Waals surface area contributed by atoms with E-state index in [9.17, 15) is 4.79 Å². The van der Waals surface area contributed by atoms with Crippen molar-refractivity contribution in [3.63, 3.8) is 0 Å². The van der Waals surface area contributed by atoms with E-state index in [2.05, 4.69) is 27.8 Å². The Morgan fingerprint density at radius 2 is 2.33 bits per heavy atom. The number of nitrogens with zero attached hydrogens (tertiary/aromatic N) is 1. The quantitative estimate of drug-likeness (QED) is 0.588. The molecule has 0 rings (SSSR count). The van der Waals surface area contributed by atoms with Crippen molar-refractivity contribution in [1.29, 1.82) is 5.26 Å². The SMILES string of the molecule is C=CC(C#N)NC(=O)C(C)(C)Br. The van der Waals surface area contributed by atoms with Gasteiger partial charge >= 0.3 is 0 Å². The molecule has 0 bridgehead atoms. The van der Waals surface area contributed by atoms with Gasteiger partial charge in [-0.05, 0) is 13.8 Å². The van der Waals surface area contributed by atoms with Gasteiger partial charge in [0, 0.05) is 0 Å². The number of halogens is 1. The van der Waals surface area contributed by atoms with Crippen LogP contribution in [0.25, 0.3) is 0 Å². The van der Waals surface area contributed by atoms with Gasteiger partial charge in [-0.15, -0.1) is 0 Å². The summed E-state index contributed by atoms with van der Waals surface area (Å²) in [7, 11) is 0. The minimum Gasteiger partial charge on any atom is -0.336 e. The lowest BCUT2D eigenvalue weighted by Crippen LogP contribution is -2.42. The highest BCUT2D eigenvalue weighted by atomic mass is 79.9. The van der Waals surface area contributed by atoms with E-state index in [0.29, 0.717) is 0 Å². The van der Waals surface area contributed by atoms with Crippen LogP contribution in [-0.4, -0.2) is 16.3 Å². The Bertz CT molecular complexity index is 224. The summed E-state index contributed by atoms with van der Waals surface area (Å²) in [5.41, 5.74) is 0. The first-order chi connectivity index (χ1) is 5.41. The van der Waals surface area contributed by atoms with Crippen LogP contribution in [-0.2, 0) is 4.79 Å². The fourth-order valence-corrected chi connectivity index (χ4v) is 0.571. The van der Waals surface area contributed by atoms with Crippen molar-refractivity contribution in [2.75, 3.05) is 0 Å². The van der Waals surface area contributed by atoms with E-state index in [1.807, 2.05) is 6.07 Å². The number of hydrogen-bond acceptors (Lipinski definition) is 2. The van der Waals surface area contributed by atoms with Gasteiger partial charge in [-0.25, -0.2) is 0 Å². The van der Waals surface area contributed by atoms with Crippen LogP contribution in [0.3, 0.4) is 0 Å². The summed E-state index contributed by atoms with van der Waals surface area (Å²) in [6.45, 7) is 6.83. The molecule has 0 saturated carbocycles. The second-order valence-corrected chi connectivity index (χ2v) is 4.77. The monoisotopic (exact) mass is 230 g/mol. The van der Waals surface area contributed by atoms with Gasteiger partial charge in [0.2, 0.25) is 5.91 Å². The molecule has 0 saturated heterocycles. The Kier molecular flexibility index (Phi) is 3.98. The normalized spacial score (nSPS) is 12.8. The zero-order valence-corrected chi connectivity index (χ0v) is 8.68. The molecule has 3 nitrogen and oxygen atoms in total. The van der Waals surface area contributed by atoms with E-state index in [4.69, 9.17) is 5.26 Å². The number of carbonyl (C=O) groups excluding carboxylic acids is 1. The molecular weight excluding hydrogens is 220 g/mol. The van der Waals surface area contributed by atoms with Crippen molar-refractivity contribution < 1.29 is 4.79 Å². The standard InChI is InChI=1S/C8H11BrN2O/c1-4-6(5-10)11-7(12)8(2,3)9/h4,6H,1H2,2-3H3,(H,11,12). The topological polar surface area (TPSA) is 52.9 Å².